The maximum Gasteiger partial charge on any atom is 0.411 e. The second kappa shape index (κ2) is 8.42. The summed E-state index contributed by atoms with van der Waals surface area (Å²) in [7, 11) is 1.52. The lowest BCUT2D eigenvalue weighted by Gasteiger charge is -2.35. The van der Waals surface area contributed by atoms with Gasteiger partial charge < -0.3 is 14.5 Å². The van der Waals surface area contributed by atoms with Crippen LogP contribution in [0.1, 0.15) is 51.3 Å². The van der Waals surface area contributed by atoms with Crippen LogP contribution in [-0.2, 0) is 4.74 Å². The van der Waals surface area contributed by atoms with Crippen LogP contribution in [0.5, 0.6) is 5.75 Å². The number of H-pyrrole nitrogens is 1. The van der Waals surface area contributed by atoms with Gasteiger partial charge in [-0.05, 0) is 69.9 Å². The van der Waals surface area contributed by atoms with Gasteiger partial charge in [0.2, 0.25) is 0 Å². The van der Waals surface area contributed by atoms with Crippen molar-refractivity contribution in [2.24, 2.45) is 0 Å². The molecule has 35 heavy (non-hydrogen) atoms. The number of nitrogens with zero attached hydrogens (tertiary/aromatic N) is 3. The molecule has 8 heteroatoms. The minimum atomic E-state index is -0.545. The highest BCUT2D eigenvalue weighted by molar-refractivity contribution is 5.99. The molecule has 1 N–H and O–H groups in total. The van der Waals surface area contributed by atoms with Gasteiger partial charge in [-0.3, -0.25) is 4.90 Å². The number of aromatic amines is 1. The Morgan fingerprint density at radius 2 is 2.09 bits per heavy atom. The Labute approximate surface area is 203 Å². The first-order valence-corrected chi connectivity index (χ1v) is 11.7. The number of nitriles is 1. The van der Waals surface area contributed by atoms with Gasteiger partial charge in [-0.2, -0.15) is 5.26 Å². The minimum Gasteiger partial charge on any atom is -0.496 e. The van der Waals surface area contributed by atoms with Crippen LogP contribution >= 0.6 is 0 Å². The van der Waals surface area contributed by atoms with Crippen molar-refractivity contribution in [3.8, 4) is 22.9 Å². The van der Waals surface area contributed by atoms with Crippen molar-refractivity contribution in [1.29, 1.82) is 5.26 Å². The van der Waals surface area contributed by atoms with E-state index < -0.39 is 11.4 Å². The average Bonchev–Trinajstić information content (AvgIpc) is 3.35. The molecule has 1 saturated heterocycles. The van der Waals surface area contributed by atoms with Crippen LogP contribution in [0.25, 0.3) is 27.7 Å². The highest BCUT2D eigenvalue weighted by Crippen LogP contribution is 2.42. The summed E-state index contributed by atoms with van der Waals surface area (Å²) in [5.41, 5.74) is 3.42. The van der Waals surface area contributed by atoms with E-state index in [0.29, 0.717) is 39.9 Å². The summed E-state index contributed by atoms with van der Waals surface area (Å²) in [5.74, 6) is 0.0558. The third-order valence-corrected chi connectivity index (χ3v) is 6.56. The summed E-state index contributed by atoms with van der Waals surface area (Å²) >= 11 is 0. The van der Waals surface area contributed by atoms with Gasteiger partial charge >= 0.3 is 6.09 Å². The zero-order valence-corrected chi connectivity index (χ0v) is 20.2. The molecule has 4 heterocycles. The van der Waals surface area contributed by atoms with E-state index in [1.165, 1.54) is 25.4 Å². The third kappa shape index (κ3) is 4.12. The van der Waals surface area contributed by atoms with Crippen molar-refractivity contribution < 1.29 is 18.7 Å². The van der Waals surface area contributed by atoms with E-state index in [1.54, 1.807) is 6.07 Å². The number of rotatable bonds is 3. The SMILES string of the molecule is COc1ccc(F)cc1-c1c(C#N)cnc2[nH]c(C3=CC4CCC(C3)N4C(=O)OC(C)(C)C)cc12. The molecule has 3 aromatic rings. The second-order valence-corrected chi connectivity index (χ2v) is 10.0. The van der Waals surface area contributed by atoms with Crippen molar-refractivity contribution in [3.05, 3.63) is 53.6 Å². The highest BCUT2D eigenvalue weighted by Gasteiger charge is 2.42. The molecule has 0 saturated carbocycles. The van der Waals surface area contributed by atoms with Crippen molar-refractivity contribution in [2.75, 3.05) is 7.11 Å². The van der Waals surface area contributed by atoms with Crippen LogP contribution in [0.15, 0.2) is 36.5 Å². The number of methoxy groups -OCH3 is 1. The van der Waals surface area contributed by atoms with Crippen molar-refractivity contribution >= 4 is 22.7 Å². The normalized spacial score (nSPS) is 19.4. The first-order valence-electron chi connectivity index (χ1n) is 11.7. The molecule has 2 aliphatic heterocycles. The van der Waals surface area contributed by atoms with E-state index in [0.717, 1.165) is 24.1 Å². The number of aromatic nitrogens is 2. The first kappa shape index (κ1) is 22.9. The molecule has 2 atom stereocenters. The zero-order chi connectivity index (χ0) is 24.9. The van der Waals surface area contributed by atoms with Gasteiger partial charge in [0, 0.05) is 34.4 Å². The quantitative estimate of drug-likeness (QED) is 0.518. The number of fused-ring (bicyclic) bond motifs is 3. The van der Waals surface area contributed by atoms with Gasteiger partial charge in [0.05, 0.1) is 18.7 Å². The smallest absolute Gasteiger partial charge is 0.411 e. The number of ether oxygens (including phenoxy) is 2. The van der Waals surface area contributed by atoms with Gasteiger partial charge in [0.1, 0.15) is 28.9 Å². The van der Waals surface area contributed by atoms with E-state index in [2.05, 4.69) is 22.1 Å². The van der Waals surface area contributed by atoms with Crippen LogP contribution in [0.3, 0.4) is 0 Å². The fourth-order valence-electron chi connectivity index (χ4n) is 5.13. The fourth-order valence-corrected chi connectivity index (χ4v) is 5.13. The van der Waals surface area contributed by atoms with Crippen LogP contribution in [0.4, 0.5) is 9.18 Å². The second-order valence-electron chi connectivity index (χ2n) is 10.0. The van der Waals surface area contributed by atoms with E-state index in [-0.39, 0.29) is 18.2 Å². The predicted molar refractivity (Wildman–Crippen MR) is 130 cm³/mol. The molecule has 1 aromatic carbocycles. The third-order valence-electron chi connectivity index (χ3n) is 6.56. The Balaban J connectivity index is 1.57. The highest BCUT2D eigenvalue weighted by atomic mass is 19.1. The van der Waals surface area contributed by atoms with E-state index in [1.807, 2.05) is 31.7 Å². The maximum atomic E-state index is 14.2. The lowest BCUT2D eigenvalue weighted by molar-refractivity contribution is 0.0175. The molecule has 180 valence electrons. The molecule has 7 nitrogen and oxygen atoms in total. The lowest BCUT2D eigenvalue weighted by atomic mass is 9.96. The molecule has 1 fully saturated rings. The van der Waals surface area contributed by atoms with E-state index in [4.69, 9.17) is 9.47 Å². The van der Waals surface area contributed by atoms with Crippen LogP contribution in [-0.4, -0.2) is 45.8 Å². The Morgan fingerprint density at radius 1 is 1.29 bits per heavy atom. The lowest BCUT2D eigenvalue weighted by Crippen LogP contribution is -2.45. The molecule has 2 aliphatic rings. The van der Waals surface area contributed by atoms with Crippen molar-refractivity contribution in [3.63, 3.8) is 0 Å². The summed E-state index contributed by atoms with van der Waals surface area (Å²) in [6.45, 7) is 5.61. The molecule has 1 amide bonds. The predicted octanol–water partition coefficient (Wildman–Crippen LogP) is 5.80. The zero-order valence-electron chi connectivity index (χ0n) is 20.2. The van der Waals surface area contributed by atoms with Crippen molar-refractivity contribution in [1.82, 2.24) is 14.9 Å². The molecule has 2 unspecified atom stereocenters. The number of hydrogen-bond acceptors (Lipinski definition) is 5. The molecule has 5 rings (SSSR count). The number of hydrogen-bond donors (Lipinski definition) is 1. The monoisotopic (exact) mass is 474 g/mol. The van der Waals surface area contributed by atoms with Crippen LogP contribution in [0.2, 0.25) is 0 Å². The number of carbonyl (C=O) groups excluding carboxylic acids is 1. The molecule has 2 aromatic heterocycles. The average molecular weight is 475 g/mol. The Morgan fingerprint density at radius 3 is 2.77 bits per heavy atom. The molecule has 2 bridgehead atoms. The summed E-state index contributed by atoms with van der Waals surface area (Å²) in [6, 6.07) is 8.42. The van der Waals surface area contributed by atoms with Gasteiger partial charge in [-0.15, -0.1) is 0 Å². The Hall–Kier alpha value is -3.86. The van der Waals surface area contributed by atoms with Crippen LogP contribution < -0.4 is 4.74 Å². The molecular formula is C27H27FN4O3. The molecule has 0 spiro atoms. The largest absolute Gasteiger partial charge is 0.496 e. The van der Waals surface area contributed by atoms with Crippen LogP contribution in [0, 0.1) is 17.1 Å². The minimum absolute atomic E-state index is 0.0320. The molecular weight excluding hydrogens is 447 g/mol. The van der Waals surface area contributed by atoms with E-state index in [9.17, 15) is 14.4 Å². The number of benzene rings is 1. The topological polar surface area (TPSA) is 91.2 Å². The van der Waals surface area contributed by atoms with Gasteiger partial charge in [-0.1, -0.05) is 6.08 Å². The number of carbonyl (C=O) groups is 1. The first-order chi connectivity index (χ1) is 16.7. The van der Waals surface area contributed by atoms with E-state index >= 15 is 0 Å². The van der Waals surface area contributed by atoms with Gasteiger partial charge in [0.15, 0.2) is 0 Å². The van der Waals surface area contributed by atoms with Crippen molar-refractivity contribution in [2.45, 2.75) is 57.7 Å². The summed E-state index contributed by atoms with van der Waals surface area (Å²) in [5, 5.41) is 10.5. The Bertz CT molecular complexity index is 1400. The number of pyridine rings is 1. The summed E-state index contributed by atoms with van der Waals surface area (Å²) in [4.78, 5) is 22.5. The standard InChI is InChI=1S/C27H27FN4O3/c1-27(2,3)35-26(33)32-18-6-7-19(32)10-15(9-18)22-12-21-24(16(13-29)14-30-25(21)31-22)20-11-17(28)5-8-23(20)34-4/h5,8-9,11-12,14,18-19H,6-7,10H2,1-4H3,(H,30,31). The molecule has 0 aliphatic carbocycles. The Kier molecular flexibility index (Phi) is 5.51. The number of amides is 1. The van der Waals surface area contributed by atoms with Gasteiger partial charge in [-0.25, -0.2) is 14.2 Å². The number of nitrogens with one attached hydrogen (secondary N) is 1. The van der Waals surface area contributed by atoms with Gasteiger partial charge in [0.25, 0.3) is 0 Å². The fraction of sp³-hybridized carbons (Fsp3) is 0.370. The summed E-state index contributed by atoms with van der Waals surface area (Å²) in [6.07, 6.45) is 5.81. The number of halogens is 1. The molecule has 0 radical (unpaired) electrons. The summed E-state index contributed by atoms with van der Waals surface area (Å²) < 4.78 is 25.3. The maximum absolute atomic E-state index is 14.2.